The number of ketones is 1. The highest BCUT2D eigenvalue weighted by atomic mass is 16.5. The molecule has 228 valence electrons. The van der Waals surface area contributed by atoms with Crippen molar-refractivity contribution in [2.75, 3.05) is 12.0 Å². The SMILES string of the molecule is COC(=O)c1ccc(N2C(=O)[C@@H]3[C@@H](C2=O)[C@@]2(c4ccccc4)C(=O)[C@@]3(c3ccccc3)C(c3ccccc3)=C2c2ccccc2)cc1. The summed E-state index contributed by atoms with van der Waals surface area (Å²) >= 11 is 0. The molecule has 0 N–H and O–H groups in total. The number of carbonyl (C=O) groups excluding carboxylic acids is 4. The van der Waals surface area contributed by atoms with E-state index >= 15 is 14.4 Å². The lowest BCUT2D eigenvalue weighted by molar-refractivity contribution is -0.130. The minimum Gasteiger partial charge on any atom is -0.465 e. The van der Waals surface area contributed by atoms with E-state index in [2.05, 4.69) is 0 Å². The van der Waals surface area contributed by atoms with Crippen LogP contribution < -0.4 is 4.90 Å². The molecule has 1 saturated carbocycles. The largest absolute Gasteiger partial charge is 0.465 e. The number of rotatable bonds is 6. The van der Waals surface area contributed by atoms with Crippen LogP contribution in [-0.2, 0) is 30.0 Å². The van der Waals surface area contributed by atoms with E-state index in [9.17, 15) is 4.79 Å². The van der Waals surface area contributed by atoms with Gasteiger partial charge in [-0.05, 0) is 57.7 Å². The Morgan fingerprint density at radius 3 is 1.32 bits per heavy atom. The van der Waals surface area contributed by atoms with Gasteiger partial charge in [0.25, 0.3) is 0 Å². The Morgan fingerprint density at radius 1 is 0.553 bits per heavy atom. The summed E-state index contributed by atoms with van der Waals surface area (Å²) in [6.45, 7) is 0. The van der Waals surface area contributed by atoms with Gasteiger partial charge in [-0.2, -0.15) is 0 Å². The topological polar surface area (TPSA) is 80.8 Å². The fourth-order valence-corrected chi connectivity index (χ4v) is 8.45. The van der Waals surface area contributed by atoms with Gasteiger partial charge < -0.3 is 4.74 Å². The standard InChI is InChI=1S/C41H29NO5/c1-47-38(45)28-22-24-31(25-23-28)42-36(43)34-35(37(42)44)41(30-20-12-5-13-21-30)33(27-16-8-3-9-17-27)32(26-14-6-2-7-15-26)40(34,39(41)46)29-18-10-4-11-19-29/h2-25,34-35H,1H3/t34-,35-,40-,41-/m0/s1. The molecule has 1 heterocycles. The Hall–Kier alpha value is -5.88. The number of amides is 2. The molecule has 47 heavy (non-hydrogen) atoms. The molecule has 2 aliphatic carbocycles. The smallest absolute Gasteiger partial charge is 0.337 e. The number of benzene rings is 5. The summed E-state index contributed by atoms with van der Waals surface area (Å²) in [5.74, 6) is -3.62. The molecule has 4 atom stereocenters. The van der Waals surface area contributed by atoms with Crippen LogP contribution in [0.2, 0.25) is 0 Å². The van der Waals surface area contributed by atoms with Gasteiger partial charge in [0.15, 0.2) is 5.78 Å². The molecular formula is C41H29NO5. The predicted molar refractivity (Wildman–Crippen MR) is 178 cm³/mol. The van der Waals surface area contributed by atoms with Crippen LogP contribution in [0.25, 0.3) is 11.1 Å². The molecule has 2 fully saturated rings. The third-order valence-corrected chi connectivity index (χ3v) is 10.1. The Morgan fingerprint density at radius 2 is 0.936 bits per heavy atom. The van der Waals surface area contributed by atoms with Crippen LogP contribution in [-0.4, -0.2) is 30.7 Å². The second-order valence-electron chi connectivity index (χ2n) is 12.2. The maximum Gasteiger partial charge on any atom is 0.337 e. The van der Waals surface area contributed by atoms with Crippen molar-refractivity contribution in [1.82, 2.24) is 0 Å². The van der Waals surface area contributed by atoms with E-state index in [1.807, 2.05) is 121 Å². The molecule has 5 aromatic rings. The van der Waals surface area contributed by atoms with Crippen molar-refractivity contribution < 1.29 is 23.9 Å². The number of carbonyl (C=O) groups is 4. The molecule has 3 aliphatic rings. The van der Waals surface area contributed by atoms with Gasteiger partial charge in [-0.3, -0.25) is 14.4 Å². The number of allylic oxidation sites excluding steroid dienone is 2. The van der Waals surface area contributed by atoms with Crippen LogP contribution in [0.3, 0.4) is 0 Å². The third kappa shape index (κ3) is 3.67. The van der Waals surface area contributed by atoms with Crippen molar-refractivity contribution in [2.24, 2.45) is 11.8 Å². The van der Waals surface area contributed by atoms with E-state index in [0.717, 1.165) is 22.3 Å². The Labute approximate surface area is 271 Å². The molecule has 2 amide bonds. The van der Waals surface area contributed by atoms with Gasteiger partial charge >= 0.3 is 5.97 Å². The van der Waals surface area contributed by atoms with E-state index in [0.29, 0.717) is 22.4 Å². The summed E-state index contributed by atoms with van der Waals surface area (Å²) < 4.78 is 4.86. The third-order valence-electron chi connectivity index (χ3n) is 10.1. The first kappa shape index (κ1) is 28.6. The fourth-order valence-electron chi connectivity index (χ4n) is 8.45. The molecule has 0 radical (unpaired) electrons. The van der Waals surface area contributed by atoms with Crippen LogP contribution >= 0.6 is 0 Å². The number of ether oxygens (including phenoxy) is 1. The maximum absolute atomic E-state index is 15.9. The Kier molecular flexibility index (Phi) is 6.44. The molecule has 1 aliphatic heterocycles. The minimum absolute atomic E-state index is 0.169. The van der Waals surface area contributed by atoms with Crippen molar-refractivity contribution in [3.05, 3.63) is 173 Å². The van der Waals surface area contributed by atoms with Crippen molar-refractivity contribution >= 4 is 40.4 Å². The predicted octanol–water partition coefficient (Wildman–Crippen LogP) is 6.66. The van der Waals surface area contributed by atoms with Crippen molar-refractivity contribution in [3.8, 4) is 0 Å². The molecule has 6 nitrogen and oxygen atoms in total. The van der Waals surface area contributed by atoms with Gasteiger partial charge in [-0.15, -0.1) is 0 Å². The Bertz CT molecular complexity index is 1970. The summed E-state index contributed by atoms with van der Waals surface area (Å²) in [6, 6.07) is 44.7. The summed E-state index contributed by atoms with van der Waals surface area (Å²) in [4.78, 5) is 59.3. The van der Waals surface area contributed by atoms with Crippen molar-refractivity contribution in [2.45, 2.75) is 10.8 Å². The van der Waals surface area contributed by atoms with E-state index in [-0.39, 0.29) is 5.78 Å². The van der Waals surface area contributed by atoms with Crippen molar-refractivity contribution in [1.29, 1.82) is 0 Å². The number of esters is 1. The fraction of sp³-hybridized carbons (Fsp3) is 0.122. The van der Waals surface area contributed by atoms with E-state index < -0.39 is 40.4 Å². The van der Waals surface area contributed by atoms with Crippen molar-refractivity contribution in [3.63, 3.8) is 0 Å². The number of hydrogen-bond acceptors (Lipinski definition) is 5. The molecule has 1 saturated heterocycles. The van der Waals surface area contributed by atoms with Crippen LogP contribution in [0.15, 0.2) is 146 Å². The molecule has 5 aromatic carbocycles. The molecule has 8 rings (SSSR count). The zero-order valence-electron chi connectivity index (χ0n) is 25.5. The van der Waals surface area contributed by atoms with Gasteiger partial charge in [0.2, 0.25) is 11.8 Å². The maximum atomic E-state index is 15.9. The highest BCUT2D eigenvalue weighted by Crippen LogP contribution is 2.74. The summed E-state index contributed by atoms with van der Waals surface area (Å²) in [5, 5.41) is 0. The summed E-state index contributed by atoms with van der Waals surface area (Å²) in [6.07, 6.45) is 0. The number of anilines is 1. The molecule has 6 heteroatoms. The lowest BCUT2D eigenvalue weighted by atomic mass is 9.59. The van der Waals surface area contributed by atoms with Crippen LogP contribution in [0.5, 0.6) is 0 Å². The van der Waals surface area contributed by atoms with Gasteiger partial charge in [0.05, 0.1) is 41.0 Å². The average Bonchev–Trinajstić information content (AvgIpc) is 3.65. The van der Waals surface area contributed by atoms with Crippen LogP contribution in [0.4, 0.5) is 5.69 Å². The second kappa shape index (κ2) is 10.6. The monoisotopic (exact) mass is 615 g/mol. The van der Waals surface area contributed by atoms with Gasteiger partial charge in [0.1, 0.15) is 0 Å². The lowest BCUT2D eigenvalue weighted by Gasteiger charge is -2.39. The van der Waals surface area contributed by atoms with Gasteiger partial charge in [-0.1, -0.05) is 121 Å². The van der Waals surface area contributed by atoms with Gasteiger partial charge in [-0.25, -0.2) is 9.69 Å². The average molecular weight is 616 g/mol. The number of imide groups is 1. The number of hydrogen-bond donors (Lipinski definition) is 0. The highest BCUT2D eigenvalue weighted by molar-refractivity contribution is 6.39. The van der Waals surface area contributed by atoms with E-state index in [1.54, 1.807) is 24.3 Å². The van der Waals surface area contributed by atoms with E-state index in [1.165, 1.54) is 12.0 Å². The van der Waals surface area contributed by atoms with E-state index in [4.69, 9.17) is 4.74 Å². The number of nitrogens with zero attached hydrogens (tertiary/aromatic N) is 1. The molecule has 2 bridgehead atoms. The summed E-state index contributed by atoms with van der Waals surface area (Å²) in [5.41, 5.74) is 2.17. The minimum atomic E-state index is -1.47. The lowest BCUT2D eigenvalue weighted by Crippen LogP contribution is -2.45. The number of Topliss-reactive ketones (excluding diaryl/α,β-unsaturated/α-hetero) is 1. The molecular weight excluding hydrogens is 586 g/mol. The first-order chi connectivity index (χ1) is 23.0. The first-order valence-corrected chi connectivity index (χ1v) is 15.6. The summed E-state index contributed by atoms with van der Waals surface area (Å²) in [7, 11) is 1.30. The normalized spacial score (nSPS) is 24.5. The molecule has 0 aromatic heterocycles. The zero-order chi connectivity index (χ0) is 32.3. The molecule has 0 unspecified atom stereocenters. The number of fused-ring (bicyclic) bond motifs is 5. The first-order valence-electron chi connectivity index (χ1n) is 15.6. The zero-order valence-corrected chi connectivity index (χ0v) is 25.5. The van der Waals surface area contributed by atoms with Gasteiger partial charge in [0, 0.05) is 0 Å². The second-order valence-corrected chi connectivity index (χ2v) is 12.2. The highest BCUT2D eigenvalue weighted by Gasteiger charge is 2.82. The van der Waals surface area contributed by atoms with Crippen LogP contribution in [0, 0.1) is 11.8 Å². The quantitative estimate of drug-likeness (QED) is 0.158. The van der Waals surface area contributed by atoms with Crippen LogP contribution in [0.1, 0.15) is 32.6 Å². The number of methoxy groups -OCH3 is 1. The molecule has 0 spiro atoms. The Balaban J connectivity index is 1.49.